The van der Waals surface area contributed by atoms with Gasteiger partial charge in [-0.3, -0.25) is 0 Å². The van der Waals surface area contributed by atoms with Crippen molar-refractivity contribution in [2.24, 2.45) is 0 Å². The molecule has 19 heavy (non-hydrogen) atoms. The molecule has 2 aromatic rings. The van der Waals surface area contributed by atoms with Gasteiger partial charge in [0.2, 0.25) is 5.09 Å². The number of aromatic nitrogens is 4. The van der Waals surface area contributed by atoms with Gasteiger partial charge in [0.15, 0.2) is 5.82 Å². The summed E-state index contributed by atoms with van der Waals surface area (Å²) in [6.07, 6.45) is 0. The van der Waals surface area contributed by atoms with Crippen molar-refractivity contribution in [3.05, 3.63) is 23.7 Å². The van der Waals surface area contributed by atoms with Crippen molar-refractivity contribution in [2.75, 3.05) is 14.1 Å². The van der Waals surface area contributed by atoms with E-state index in [2.05, 4.69) is 25.9 Å². The van der Waals surface area contributed by atoms with Crippen molar-refractivity contribution in [3.63, 3.8) is 0 Å². The molecule has 0 aliphatic carbocycles. The fraction of sp³-hybridized carbons (Fsp3) is 0.444. The van der Waals surface area contributed by atoms with Crippen LogP contribution in [-0.4, -0.2) is 47.4 Å². The summed E-state index contributed by atoms with van der Waals surface area (Å²) in [7, 11) is -0.624. The van der Waals surface area contributed by atoms with Gasteiger partial charge in [-0.05, 0) is 12.1 Å². The maximum absolute atomic E-state index is 11.8. The molecule has 2 N–H and O–H groups in total. The minimum absolute atomic E-state index is 0.0751. The lowest BCUT2D eigenvalue weighted by Gasteiger charge is -2.07. The fourth-order valence-electron chi connectivity index (χ4n) is 1.33. The largest absolute Gasteiger partial charge is 0.447 e. The molecule has 2 heterocycles. The van der Waals surface area contributed by atoms with Gasteiger partial charge < -0.3 is 9.73 Å². The van der Waals surface area contributed by atoms with Crippen LogP contribution in [0.25, 0.3) is 0 Å². The summed E-state index contributed by atoms with van der Waals surface area (Å²) in [5.41, 5.74) is 0. The molecule has 0 aliphatic heterocycles. The lowest BCUT2D eigenvalue weighted by atomic mass is 10.4. The minimum Gasteiger partial charge on any atom is -0.447 e. The molecule has 0 amide bonds. The Morgan fingerprint density at radius 2 is 2.16 bits per heavy atom. The Kier molecular flexibility index (Phi) is 3.93. The van der Waals surface area contributed by atoms with Gasteiger partial charge in [-0.25, -0.2) is 12.7 Å². The number of tetrazole rings is 1. The Hall–Kier alpha value is -1.78. The quantitative estimate of drug-likeness (QED) is 0.723. The second-order valence-corrected chi connectivity index (χ2v) is 6.02. The topological polar surface area (TPSA) is 117 Å². The molecule has 0 aromatic carbocycles. The van der Waals surface area contributed by atoms with Crippen LogP contribution < -0.4 is 5.32 Å². The monoisotopic (exact) mass is 286 g/mol. The van der Waals surface area contributed by atoms with Crippen LogP contribution in [0, 0.1) is 0 Å². The summed E-state index contributed by atoms with van der Waals surface area (Å²) in [6, 6.07) is 3.04. The third-order valence-electron chi connectivity index (χ3n) is 2.34. The Labute approximate surface area is 110 Å². The number of nitrogens with one attached hydrogen (secondary N) is 2. The standard InChI is InChI=1S/C9H14N6O3S/c1-15(2)19(16,17)9-4-3-7(18-9)5-10-6-8-11-13-14-12-8/h3-4,10H,5-6H2,1-2H3,(H,11,12,13,14). The SMILES string of the molecule is CN(C)S(=O)(=O)c1ccc(CNCc2nn[nH]n2)o1. The van der Waals surface area contributed by atoms with Crippen molar-refractivity contribution in [1.29, 1.82) is 0 Å². The molecule has 0 spiro atoms. The summed E-state index contributed by atoms with van der Waals surface area (Å²) >= 11 is 0. The van der Waals surface area contributed by atoms with Gasteiger partial charge >= 0.3 is 0 Å². The van der Waals surface area contributed by atoms with Crippen LogP contribution in [0.5, 0.6) is 0 Å². The first kappa shape index (κ1) is 13.6. The molecule has 0 unspecified atom stereocenters. The van der Waals surface area contributed by atoms with Gasteiger partial charge in [0, 0.05) is 14.1 Å². The fourth-order valence-corrected chi connectivity index (χ4v) is 2.14. The molecular formula is C9H14N6O3S. The zero-order valence-corrected chi connectivity index (χ0v) is 11.3. The summed E-state index contributed by atoms with van der Waals surface area (Å²) in [4.78, 5) is 0. The molecule has 9 nitrogen and oxygen atoms in total. The molecule has 0 bridgehead atoms. The predicted octanol–water partition coefficient (Wildman–Crippen LogP) is -0.667. The van der Waals surface area contributed by atoms with E-state index in [0.29, 0.717) is 24.7 Å². The van der Waals surface area contributed by atoms with Crippen LogP contribution in [0.15, 0.2) is 21.6 Å². The molecule has 2 rings (SSSR count). The van der Waals surface area contributed by atoms with Crippen molar-refractivity contribution in [3.8, 4) is 0 Å². The second kappa shape index (κ2) is 5.47. The summed E-state index contributed by atoms with van der Waals surface area (Å²) in [6.45, 7) is 0.782. The molecule has 10 heteroatoms. The highest BCUT2D eigenvalue weighted by Gasteiger charge is 2.21. The van der Waals surface area contributed by atoms with Crippen molar-refractivity contribution < 1.29 is 12.8 Å². The first-order valence-electron chi connectivity index (χ1n) is 5.44. The zero-order valence-electron chi connectivity index (χ0n) is 10.5. The number of sulfonamides is 1. The van der Waals surface area contributed by atoms with E-state index in [-0.39, 0.29) is 5.09 Å². The van der Waals surface area contributed by atoms with Crippen molar-refractivity contribution in [2.45, 2.75) is 18.2 Å². The van der Waals surface area contributed by atoms with E-state index in [9.17, 15) is 8.42 Å². The first-order valence-corrected chi connectivity index (χ1v) is 6.88. The van der Waals surface area contributed by atoms with Crippen LogP contribution in [-0.2, 0) is 23.1 Å². The number of hydrogen-bond donors (Lipinski definition) is 2. The molecule has 0 saturated heterocycles. The molecule has 0 aliphatic rings. The molecule has 0 fully saturated rings. The van der Waals surface area contributed by atoms with Gasteiger partial charge in [0.1, 0.15) is 5.76 Å². The highest BCUT2D eigenvalue weighted by Crippen LogP contribution is 2.16. The third kappa shape index (κ3) is 3.16. The first-order chi connectivity index (χ1) is 9.00. The van der Waals surface area contributed by atoms with Crippen LogP contribution in [0.4, 0.5) is 0 Å². The summed E-state index contributed by atoms with van der Waals surface area (Å²) < 4.78 is 29.9. The minimum atomic E-state index is -3.53. The normalized spacial score (nSPS) is 12.2. The van der Waals surface area contributed by atoms with Gasteiger partial charge in [-0.1, -0.05) is 5.21 Å². The van der Waals surface area contributed by atoms with E-state index < -0.39 is 10.0 Å². The average Bonchev–Trinajstić information content (AvgIpc) is 2.99. The van der Waals surface area contributed by atoms with E-state index in [4.69, 9.17) is 4.42 Å². The van der Waals surface area contributed by atoms with Gasteiger partial charge in [0.05, 0.1) is 13.1 Å². The Morgan fingerprint density at radius 1 is 1.37 bits per heavy atom. The van der Waals surface area contributed by atoms with E-state index >= 15 is 0 Å². The maximum Gasteiger partial charge on any atom is 0.275 e. The van der Waals surface area contributed by atoms with E-state index in [0.717, 1.165) is 4.31 Å². The summed E-state index contributed by atoms with van der Waals surface area (Å²) in [5.74, 6) is 1.04. The Balaban J connectivity index is 1.94. The highest BCUT2D eigenvalue weighted by atomic mass is 32.2. The summed E-state index contributed by atoms with van der Waals surface area (Å²) in [5, 5.41) is 16.2. The molecule has 0 radical (unpaired) electrons. The number of aromatic amines is 1. The van der Waals surface area contributed by atoms with Gasteiger partial charge in [-0.15, -0.1) is 10.2 Å². The smallest absolute Gasteiger partial charge is 0.275 e. The van der Waals surface area contributed by atoms with Crippen LogP contribution >= 0.6 is 0 Å². The third-order valence-corrected chi connectivity index (χ3v) is 4.03. The molecule has 2 aromatic heterocycles. The van der Waals surface area contributed by atoms with Crippen LogP contribution in [0.3, 0.4) is 0 Å². The second-order valence-electron chi connectivity index (χ2n) is 3.94. The van der Waals surface area contributed by atoms with E-state index in [1.165, 1.54) is 20.2 Å². The van der Waals surface area contributed by atoms with E-state index in [1.807, 2.05) is 0 Å². The van der Waals surface area contributed by atoms with Crippen LogP contribution in [0.1, 0.15) is 11.6 Å². The zero-order chi connectivity index (χ0) is 13.9. The molecule has 0 atom stereocenters. The Bertz CT molecular complexity index is 618. The number of H-pyrrole nitrogens is 1. The Morgan fingerprint density at radius 3 is 2.79 bits per heavy atom. The van der Waals surface area contributed by atoms with Gasteiger partial charge in [-0.2, -0.15) is 5.21 Å². The van der Waals surface area contributed by atoms with Crippen molar-refractivity contribution >= 4 is 10.0 Å². The highest BCUT2D eigenvalue weighted by molar-refractivity contribution is 7.88. The number of furan rings is 1. The molecular weight excluding hydrogens is 272 g/mol. The lowest BCUT2D eigenvalue weighted by Crippen LogP contribution is -2.21. The van der Waals surface area contributed by atoms with Gasteiger partial charge in [0.25, 0.3) is 10.0 Å². The predicted molar refractivity (Wildman–Crippen MR) is 64.3 cm³/mol. The van der Waals surface area contributed by atoms with Crippen molar-refractivity contribution in [1.82, 2.24) is 30.2 Å². The maximum atomic E-state index is 11.8. The number of rotatable bonds is 6. The van der Waals surface area contributed by atoms with Crippen LogP contribution in [0.2, 0.25) is 0 Å². The average molecular weight is 286 g/mol. The van der Waals surface area contributed by atoms with E-state index in [1.54, 1.807) is 6.07 Å². The molecule has 0 saturated carbocycles. The lowest BCUT2D eigenvalue weighted by molar-refractivity contribution is 0.388. The molecule has 104 valence electrons. The number of nitrogens with zero attached hydrogens (tertiary/aromatic N) is 4. The number of hydrogen-bond acceptors (Lipinski definition) is 7.